The van der Waals surface area contributed by atoms with E-state index in [1.54, 1.807) is 6.07 Å². The van der Waals surface area contributed by atoms with Crippen LogP contribution in [0.5, 0.6) is 0 Å². The molecule has 0 fully saturated rings. The molecule has 0 atom stereocenters. The fraction of sp³-hybridized carbons (Fsp3) is 0.250. The average Bonchev–Trinajstić information content (AvgIpc) is 2.45. The summed E-state index contributed by atoms with van der Waals surface area (Å²) in [4.78, 5) is 2.14. The van der Waals surface area contributed by atoms with Crippen molar-refractivity contribution in [3.63, 3.8) is 0 Å². The van der Waals surface area contributed by atoms with Gasteiger partial charge in [-0.1, -0.05) is 36.4 Å². The molecule has 19 heavy (non-hydrogen) atoms. The van der Waals surface area contributed by atoms with Gasteiger partial charge in [-0.3, -0.25) is 0 Å². The summed E-state index contributed by atoms with van der Waals surface area (Å²) in [6, 6.07) is 15.3. The lowest BCUT2D eigenvalue weighted by Gasteiger charge is -2.25. The number of benzene rings is 2. The fourth-order valence-corrected chi connectivity index (χ4v) is 2.41. The molecule has 0 amide bonds. The first-order chi connectivity index (χ1) is 9.26. The molecule has 0 aliphatic heterocycles. The van der Waals surface area contributed by atoms with Crippen LogP contribution in [-0.2, 0) is 12.4 Å². The second kappa shape index (κ2) is 6.58. The smallest absolute Gasteiger partial charge is 0.129 e. The highest BCUT2D eigenvalue weighted by Crippen LogP contribution is 2.26. The van der Waals surface area contributed by atoms with Crippen LogP contribution in [-0.4, -0.2) is 6.54 Å². The Hall–Kier alpha value is -1.54. The number of rotatable bonds is 5. The highest BCUT2D eigenvalue weighted by molar-refractivity contribution is 6.17. The topological polar surface area (TPSA) is 3.24 Å². The molecule has 2 rings (SSSR count). The van der Waals surface area contributed by atoms with Crippen LogP contribution >= 0.6 is 11.6 Å². The predicted molar refractivity (Wildman–Crippen MR) is 79.1 cm³/mol. The first-order valence-corrected chi connectivity index (χ1v) is 6.92. The summed E-state index contributed by atoms with van der Waals surface area (Å²) >= 11 is 5.87. The Kier molecular flexibility index (Phi) is 4.80. The molecule has 100 valence electrons. The lowest BCUT2D eigenvalue weighted by Crippen LogP contribution is -2.23. The fourth-order valence-electron chi connectivity index (χ4n) is 2.15. The van der Waals surface area contributed by atoms with Crippen LogP contribution in [0.2, 0.25) is 0 Å². The standard InChI is InChI=1S/C16H17ClFN/c1-2-19(12-13-7-4-3-5-8-13)16-10-6-9-15(18)14(16)11-17/h3-10H,2,11-12H2,1H3. The van der Waals surface area contributed by atoms with Gasteiger partial charge in [0.25, 0.3) is 0 Å². The van der Waals surface area contributed by atoms with Crippen molar-refractivity contribution < 1.29 is 4.39 Å². The molecule has 0 aliphatic rings. The van der Waals surface area contributed by atoms with E-state index in [4.69, 9.17) is 11.6 Å². The molecule has 0 aliphatic carbocycles. The van der Waals surface area contributed by atoms with Crippen molar-refractivity contribution in [2.24, 2.45) is 0 Å². The Morgan fingerprint density at radius 2 is 1.79 bits per heavy atom. The molecule has 0 saturated carbocycles. The van der Waals surface area contributed by atoms with E-state index >= 15 is 0 Å². The lowest BCUT2D eigenvalue weighted by atomic mass is 10.1. The van der Waals surface area contributed by atoms with E-state index in [1.807, 2.05) is 24.3 Å². The Balaban J connectivity index is 2.30. The van der Waals surface area contributed by atoms with Crippen LogP contribution in [0, 0.1) is 5.82 Å². The Bertz CT molecular complexity index is 528. The third kappa shape index (κ3) is 3.27. The van der Waals surface area contributed by atoms with Crippen molar-refractivity contribution >= 4 is 17.3 Å². The van der Waals surface area contributed by atoms with Gasteiger partial charge in [-0.15, -0.1) is 11.6 Å². The van der Waals surface area contributed by atoms with E-state index in [9.17, 15) is 4.39 Å². The highest BCUT2D eigenvalue weighted by Gasteiger charge is 2.13. The van der Waals surface area contributed by atoms with Crippen molar-refractivity contribution in [3.8, 4) is 0 Å². The van der Waals surface area contributed by atoms with E-state index in [0.717, 1.165) is 18.8 Å². The molecular weight excluding hydrogens is 261 g/mol. The molecule has 0 bridgehead atoms. The van der Waals surface area contributed by atoms with Gasteiger partial charge in [-0.25, -0.2) is 4.39 Å². The maximum Gasteiger partial charge on any atom is 0.129 e. The summed E-state index contributed by atoms with van der Waals surface area (Å²) in [6.45, 7) is 3.62. The van der Waals surface area contributed by atoms with E-state index in [-0.39, 0.29) is 11.7 Å². The average molecular weight is 278 g/mol. The van der Waals surface area contributed by atoms with E-state index in [0.29, 0.717) is 5.56 Å². The van der Waals surface area contributed by atoms with Crippen LogP contribution in [0.25, 0.3) is 0 Å². The number of halogens is 2. The second-order valence-electron chi connectivity index (χ2n) is 4.37. The number of hydrogen-bond donors (Lipinski definition) is 0. The van der Waals surface area contributed by atoms with Crippen molar-refractivity contribution in [2.45, 2.75) is 19.3 Å². The van der Waals surface area contributed by atoms with Gasteiger partial charge in [0.1, 0.15) is 5.82 Å². The number of anilines is 1. The zero-order valence-electron chi connectivity index (χ0n) is 10.9. The predicted octanol–water partition coefficient (Wildman–Crippen LogP) is 4.59. The van der Waals surface area contributed by atoms with Gasteiger partial charge in [0.2, 0.25) is 0 Å². The number of alkyl halides is 1. The molecule has 2 aromatic carbocycles. The molecule has 0 unspecified atom stereocenters. The van der Waals surface area contributed by atoms with Crippen molar-refractivity contribution in [1.82, 2.24) is 0 Å². The SMILES string of the molecule is CCN(Cc1ccccc1)c1cccc(F)c1CCl. The van der Waals surface area contributed by atoms with Crippen molar-refractivity contribution in [3.05, 3.63) is 65.5 Å². The summed E-state index contributed by atoms with van der Waals surface area (Å²) in [6.07, 6.45) is 0. The molecular formula is C16H17ClFN. The number of hydrogen-bond acceptors (Lipinski definition) is 1. The maximum atomic E-state index is 13.8. The van der Waals surface area contributed by atoms with Crippen LogP contribution in [0.3, 0.4) is 0 Å². The van der Waals surface area contributed by atoms with Crippen molar-refractivity contribution in [1.29, 1.82) is 0 Å². The van der Waals surface area contributed by atoms with Gasteiger partial charge in [0.15, 0.2) is 0 Å². The normalized spacial score (nSPS) is 10.5. The molecule has 0 aromatic heterocycles. The molecule has 1 nitrogen and oxygen atoms in total. The first kappa shape index (κ1) is 13.9. The van der Waals surface area contributed by atoms with Crippen LogP contribution in [0.1, 0.15) is 18.1 Å². The molecule has 0 heterocycles. The van der Waals surface area contributed by atoms with Gasteiger partial charge >= 0.3 is 0 Å². The minimum absolute atomic E-state index is 0.188. The monoisotopic (exact) mass is 277 g/mol. The Morgan fingerprint density at radius 3 is 2.42 bits per heavy atom. The quantitative estimate of drug-likeness (QED) is 0.723. The second-order valence-corrected chi connectivity index (χ2v) is 4.64. The van der Waals surface area contributed by atoms with Gasteiger partial charge in [-0.05, 0) is 24.6 Å². The molecule has 3 heteroatoms. The first-order valence-electron chi connectivity index (χ1n) is 6.38. The zero-order chi connectivity index (χ0) is 13.7. The Labute approximate surface area is 118 Å². The minimum atomic E-state index is -0.237. The van der Waals surface area contributed by atoms with E-state index < -0.39 is 0 Å². The zero-order valence-corrected chi connectivity index (χ0v) is 11.7. The van der Waals surface area contributed by atoms with Gasteiger partial charge in [0, 0.05) is 24.3 Å². The van der Waals surface area contributed by atoms with E-state index in [1.165, 1.54) is 11.6 Å². The van der Waals surface area contributed by atoms with Gasteiger partial charge in [-0.2, -0.15) is 0 Å². The molecule has 0 radical (unpaired) electrons. The summed E-state index contributed by atoms with van der Waals surface area (Å²) in [5.41, 5.74) is 2.65. The summed E-state index contributed by atoms with van der Waals surface area (Å²) in [5, 5.41) is 0. The number of nitrogens with zero attached hydrogens (tertiary/aromatic N) is 1. The van der Waals surface area contributed by atoms with Crippen LogP contribution in [0.15, 0.2) is 48.5 Å². The van der Waals surface area contributed by atoms with Gasteiger partial charge in [0.05, 0.1) is 5.88 Å². The Morgan fingerprint density at radius 1 is 1.05 bits per heavy atom. The highest BCUT2D eigenvalue weighted by atomic mass is 35.5. The summed E-state index contributed by atoms with van der Waals surface area (Å²) in [5.74, 6) is -0.0492. The van der Waals surface area contributed by atoms with Crippen LogP contribution in [0.4, 0.5) is 10.1 Å². The van der Waals surface area contributed by atoms with Gasteiger partial charge < -0.3 is 4.90 Å². The third-order valence-electron chi connectivity index (χ3n) is 3.17. The largest absolute Gasteiger partial charge is 0.367 e. The molecule has 2 aromatic rings. The molecule has 0 saturated heterocycles. The van der Waals surface area contributed by atoms with E-state index in [2.05, 4.69) is 24.0 Å². The third-order valence-corrected chi connectivity index (χ3v) is 3.43. The maximum absolute atomic E-state index is 13.8. The van der Waals surface area contributed by atoms with Crippen LogP contribution < -0.4 is 4.90 Å². The van der Waals surface area contributed by atoms with Crippen molar-refractivity contribution in [2.75, 3.05) is 11.4 Å². The summed E-state index contributed by atoms with van der Waals surface area (Å²) < 4.78 is 13.8. The molecule has 0 spiro atoms. The molecule has 0 N–H and O–H groups in total. The lowest BCUT2D eigenvalue weighted by molar-refractivity contribution is 0.615. The minimum Gasteiger partial charge on any atom is -0.367 e. The summed E-state index contributed by atoms with van der Waals surface area (Å²) in [7, 11) is 0.